The highest BCUT2D eigenvalue weighted by molar-refractivity contribution is 5.77. The Kier molecular flexibility index (Phi) is 5.35. The van der Waals surface area contributed by atoms with Crippen LogP contribution in [0.15, 0.2) is 24.4 Å². The molecular weight excluding hydrogens is 332 g/mol. The van der Waals surface area contributed by atoms with Gasteiger partial charge in [-0.3, -0.25) is 9.59 Å². The Hall–Kier alpha value is -2.70. The molecule has 7 heteroatoms. The van der Waals surface area contributed by atoms with Crippen LogP contribution in [0.1, 0.15) is 41.1 Å². The highest BCUT2D eigenvalue weighted by atomic mass is 16.4. The number of likely N-dealkylation sites (tertiary alicyclic amines) is 1. The van der Waals surface area contributed by atoms with Gasteiger partial charge in [0, 0.05) is 25.4 Å². The Labute approximate surface area is 152 Å². The molecule has 0 saturated carbocycles. The third-order valence-corrected chi connectivity index (χ3v) is 4.95. The van der Waals surface area contributed by atoms with Crippen molar-refractivity contribution in [2.24, 2.45) is 5.92 Å². The molecule has 1 saturated heterocycles. The van der Waals surface area contributed by atoms with Gasteiger partial charge >= 0.3 is 5.97 Å². The van der Waals surface area contributed by atoms with Gasteiger partial charge in [-0.05, 0) is 31.7 Å². The zero-order valence-electron chi connectivity index (χ0n) is 15.1. The van der Waals surface area contributed by atoms with Crippen LogP contribution in [0.25, 0.3) is 0 Å². The summed E-state index contributed by atoms with van der Waals surface area (Å²) in [6, 6.07) is 6.33. The van der Waals surface area contributed by atoms with Gasteiger partial charge in [-0.2, -0.15) is 15.4 Å². The third kappa shape index (κ3) is 4.28. The van der Waals surface area contributed by atoms with Crippen LogP contribution in [-0.2, 0) is 16.0 Å². The maximum Gasteiger partial charge on any atom is 0.303 e. The average Bonchev–Trinajstić information content (AvgIpc) is 3.20. The average molecular weight is 356 g/mol. The van der Waals surface area contributed by atoms with E-state index in [1.54, 1.807) is 11.1 Å². The Morgan fingerprint density at radius 2 is 1.96 bits per heavy atom. The second-order valence-corrected chi connectivity index (χ2v) is 7.15. The first-order valence-corrected chi connectivity index (χ1v) is 8.85. The number of amides is 1. The molecule has 1 aliphatic heterocycles. The summed E-state index contributed by atoms with van der Waals surface area (Å²) in [7, 11) is 0. The summed E-state index contributed by atoms with van der Waals surface area (Å²) in [5.41, 5.74) is 4.27. The van der Waals surface area contributed by atoms with Gasteiger partial charge < -0.3 is 10.0 Å². The van der Waals surface area contributed by atoms with Gasteiger partial charge in [0.05, 0.1) is 18.3 Å². The number of carbonyl (C=O) groups excluding carboxylic acids is 1. The number of rotatable bonds is 6. The molecule has 1 fully saturated rings. The number of benzene rings is 1. The van der Waals surface area contributed by atoms with Gasteiger partial charge in [-0.1, -0.05) is 29.3 Å². The molecule has 2 N–H and O–H groups in total. The topological polar surface area (TPSA) is 99.2 Å². The minimum Gasteiger partial charge on any atom is -0.481 e. The van der Waals surface area contributed by atoms with Crippen LogP contribution in [0.4, 0.5) is 0 Å². The first-order chi connectivity index (χ1) is 12.4. The van der Waals surface area contributed by atoms with E-state index in [1.807, 2.05) is 0 Å². The van der Waals surface area contributed by atoms with E-state index in [9.17, 15) is 14.7 Å². The first-order valence-electron chi connectivity index (χ1n) is 8.85. The fourth-order valence-corrected chi connectivity index (χ4v) is 3.85. The fourth-order valence-electron chi connectivity index (χ4n) is 3.85. The Balaban J connectivity index is 1.64. The summed E-state index contributed by atoms with van der Waals surface area (Å²) in [6.45, 7) is 5.06. The van der Waals surface area contributed by atoms with Crippen LogP contribution in [0.2, 0.25) is 0 Å². The van der Waals surface area contributed by atoms with Crippen molar-refractivity contribution >= 4 is 11.9 Å². The van der Waals surface area contributed by atoms with Crippen molar-refractivity contribution in [2.75, 3.05) is 13.1 Å². The molecular formula is C19H24N4O3. The van der Waals surface area contributed by atoms with Gasteiger partial charge in [-0.25, -0.2) is 0 Å². The quantitative estimate of drug-likeness (QED) is 0.825. The maximum atomic E-state index is 12.7. The third-order valence-electron chi connectivity index (χ3n) is 4.95. The number of H-pyrrole nitrogens is 1. The molecule has 1 aromatic carbocycles. The highest BCUT2D eigenvalue weighted by Gasteiger charge is 2.38. The van der Waals surface area contributed by atoms with E-state index >= 15 is 0 Å². The van der Waals surface area contributed by atoms with E-state index in [0.717, 1.165) is 11.3 Å². The molecule has 138 valence electrons. The number of nitrogens with zero attached hydrogens (tertiary/aromatic N) is 3. The Bertz CT molecular complexity index is 768. The van der Waals surface area contributed by atoms with Crippen LogP contribution in [0, 0.1) is 19.8 Å². The highest BCUT2D eigenvalue weighted by Crippen LogP contribution is 2.34. The van der Waals surface area contributed by atoms with E-state index in [2.05, 4.69) is 47.5 Å². The molecule has 0 aliphatic carbocycles. The molecule has 2 atom stereocenters. The van der Waals surface area contributed by atoms with Gasteiger partial charge in [0.2, 0.25) is 5.91 Å². The molecule has 2 heterocycles. The number of aryl methyl sites for hydroxylation is 3. The van der Waals surface area contributed by atoms with E-state index in [-0.39, 0.29) is 24.2 Å². The zero-order chi connectivity index (χ0) is 18.7. The summed E-state index contributed by atoms with van der Waals surface area (Å²) >= 11 is 0. The Morgan fingerprint density at radius 3 is 2.58 bits per heavy atom. The van der Waals surface area contributed by atoms with Crippen molar-refractivity contribution in [1.82, 2.24) is 20.3 Å². The lowest BCUT2D eigenvalue weighted by atomic mass is 9.91. The minimum atomic E-state index is -0.854. The molecule has 1 aliphatic rings. The standard InChI is InChI=1S/C19H24N4O3/c1-12-5-13(2)7-14(6-12)3-4-18(24)23-10-15(8-19(25)26)16(11-23)17-9-20-22-21-17/h5-7,9,15-16H,3-4,8,10-11H2,1-2H3,(H,25,26)(H,20,21,22). The molecule has 3 rings (SSSR count). The van der Waals surface area contributed by atoms with E-state index in [0.29, 0.717) is 25.9 Å². The minimum absolute atomic E-state index is 0.0262. The van der Waals surface area contributed by atoms with Crippen molar-refractivity contribution in [3.05, 3.63) is 46.8 Å². The number of hydrogen-bond donors (Lipinski definition) is 2. The molecule has 0 spiro atoms. The van der Waals surface area contributed by atoms with Crippen LogP contribution < -0.4 is 0 Å². The normalized spacial score (nSPS) is 19.7. The van der Waals surface area contributed by atoms with Gasteiger partial charge in [0.1, 0.15) is 0 Å². The monoisotopic (exact) mass is 356 g/mol. The predicted octanol–water partition coefficient (Wildman–Crippen LogP) is 2.07. The number of aliphatic carboxylic acids is 1. The van der Waals surface area contributed by atoms with Crippen molar-refractivity contribution in [1.29, 1.82) is 0 Å². The van der Waals surface area contributed by atoms with Crippen molar-refractivity contribution < 1.29 is 14.7 Å². The fraction of sp³-hybridized carbons (Fsp3) is 0.474. The number of carbonyl (C=O) groups is 2. The van der Waals surface area contributed by atoms with Gasteiger partial charge in [0.25, 0.3) is 0 Å². The van der Waals surface area contributed by atoms with Gasteiger partial charge in [0.15, 0.2) is 0 Å². The van der Waals surface area contributed by atoms with Crippen LogP contribution in [-0.4, -0.2) is 50.4 Å². The smallest absolute Gasteiger partial charge is 0.303 e. The van der Waals surface area contributed by atoms with Crippen molar-refractivity contribution in [3.8, 4) is 0 Å². The number of carboxylic acids is 1. The van der Waals surface area contributed by atoms with E-state index < -0.39 is 5.97 Å². The summed E-state index contributed by atoms with van der Waals surface area (Å²) < 4.78 is 0. The number of carboxylic acid groups (broad SMARTS) is 1. The number of aromatic nitrogens is 3. The lowest BCUT2D eigenvalue weighted by Crippen LogP contribution is -2.29. The van der Waals surface area contributed by atoms with Gasteiger partial charge in [-0.15, -0.1) is 0 Å². The van der Waals surface area contributed by atoms with E-state index in [4.69, 9.17) is 0 Å². The first kappa shape index (κ1) is 18.1. The summed E-state index contributed by atoms with van der Waals surface area (Å²) in [5.74, 6) is -1.02. The molecule has 0 radical (unpaired) electrons. The summed E-state index contributed by atoms with van der Waals surface area (Å²) in [5, 5.41) is 19.7. The molecule has 2 unspecified atom stereocenters. The molecule has 1 amide bonds. The van der Waals surface area contributed by atoms with Crippen LogP contribution in [0.3, 0.4) is 0 Å². The molecule has 7 nitrogen and oxygen atoms in total. The Morgan fingerprint density at radius 1 is 1.23 bits per heavy atom. The molecule has 0 bridgehead atoms. The summed E-state index contributed by atoms with van der Waals surface area (Å²) in [6.07, 6.45) is 2.76. The largest absolute Gasteiger partial charge is 0.481 e. The summed E-state index contributed by atoms with van der Waals surface area (Å²) in [4.78, 5) is 25.6. The second-order valence-electron chi connectivity index (χ2n) is 7.15. The SMILES string of the molecule is Cc1cc(C)cc(CCC(=O)N2CC(CC(=O)O)C(c3cn[nH]n3)C2)c1. The predicted molar refractivity (Wildman–Crippen MR) is 95.7 cm³/mol. The lowest BCUT2D eigenvalue weighted by Gasteiger charge is -2.16. The van der Waals surface area contributed by atoms with Crippen LogP contribution in [0.5, 0.6) is 0 Å². The zero-order valence-corrected chi connectivity index (χ0v) is 15.1. The molecule has 1 aromatic heterocycles. The number of nitrogens with one attached hydrogen (secondary N) is 1. The number of aromatic amines is 1. The molecule has 2 aromatic rings. The lowest BCUT2D eigenvalue weighted by molar-refractivity contribution is -0.138. The van der Waals surface area contributed by atoms with E-state index in [1.165, 1.54) is 11.1 Å². The van der Waals surface area contributed by atoms with Crippen LogP contribution >= 0.6 is 0 Å². The van der Waals surface area contributed by atoms with Crippen molar-refractivity contribution in [3.63, 3.8) is 0 Å². The maximum absolute atomic E-state index is 12.7. The van der Waals surface area contributed by atoms with Crippen molar-refractivity contribution in [2.45, 2.75) is 39.0 Å². The molecule has 26 heavy (non-hydrogen) atoms. The second kappa shape index (κ2) is 7.68. The number of hydrogen-bond acceptors (Lipinski definition) is 4.